The summed E-state index contributed by atoms with van der Waals surface area (Å²) < 4.78 is 5.34. The number of hydrogen-bond acceptors (Lipinski definition) is 5. The molecule has 8 heteroatoms. The molecule has 2 N–H and O–H groups in total. The molecule has 0 aliphatic carbocycles. The summed E-state index contributed by atoms with van der Waals surface area (Å²) in [5, 5.41) is 5.20. The number of nitrogens with zero attached hydrogens (tertiary/aromatic N) is 2. The lowest BCUT2D eigenvalue weighted by molar-refractivity contribution is -0.136. The zero-order valence-electron chi connectivity index (χ0n) is 14.9. The van der Waals surface area contributed by atoms with Gasteiger partial charge in [0.2, 0.25) is 0 Å². The van der Waals surface area contributed by atoms with Crippen LogP contribution in [0.4, 0.5) is 11.4 Å². The highest BCUT2D eigenvalue weighted by molar-refractivity contribution is 6.39. The van der Waals surface area contributed by atoms with Gasteiger partial charge in [0.25, 0.3) is 5.91 Å². The van der Waals surface area contributed by atoms with Gasteiger partial charge in [0.15, 0.2) is 6.61 Å². The van der Waals surface area contributed by atoms with Crippen molar-refractivity contribution in [3.8, 4) is 5.75 Å². The smallest absolute Gasteiger partial charge is 0.313 e. The number of nitrogens with one attached hydrogen (secondary N) is 2. The molecule has 0 aromatic heterocycles. The van der Waals surface area contributed by atoms with Crippen molar-refractivity contribution >= 4 is 29.1 Å². The molecule has 1 aromatic carbocycles. The molecule has 0 bridgehead atoms. The lowest BCUT2D eigenvalue weighted by atomic mass is 10.1. The summed E-state index contributed by atoms with van der Waals surface area (Å²) in [5.74, 6) is -0.998. The van der Waals surface area contributed by atoms with Crippen LogP contribution in [0.2, 0.25) is 0 Å². The van der Waals surface area contributed by atoms with Gasteiger partial charge in [0, 0.05) is 25.8 Å². The van der Waals surface area contributed by atoms with Crippen molar-refractivity contribution in [2.75, 3.05) is 50.1 Å². The number of ether oxygens (including phenoxy) is 1. The first kappa shape index (κ1) is 18.2. The maximum atomic E-state index is 12.1. The number of likely N-dealkylation sites (N-methyl/N-ethyl adjacent to an activating group) is 1. The van der Waals surface area contributed by atoms with Crippen molar-refractivity contribution in [2.24, 2.45) is 0 Å². The van der Waals surface area contributed by atoms with Crippen LogP contribution in [0.3, 0.4) is 0 Å². The highest BCUT2D eigenvalue weighted by atomic mass is 16.5. The SMILES string of the molecule is CN1C(=O)COc2ccc(NC(=O)C(=O)NCCN3CCCCC3)cc21. The molecule has 1 saturated heterocycles. The van der Waals surface area contributed by atoms with Crippen LogP contribution in [-0.4, -0.2) is 62.5 Å². The molecule has 0 spiro atoms. The van der Waals surface area contributed by atoms with Gasteiger partial charge in [-0.15, -0.1) is 0 Å². The number of piperidine rings is 1. The molecule has 1 fully saturated rings. The summed E-state index contributed by atoms with van der Waals surface area (Å²) in [6, 6.07) is 4.93. The number of rotatable bonds is 4. The molecular formula is C18H24N4O4. The molecule has 0 unspecified atom stereocenters. The van der Waals surface area contributed by atoms with E-state index >= 15 is 0 Å². The van der Waals surface area contributed by atoms with Crippen LogP contribution in [0.1, 0.15) is 19.3 Å². The third kappa shape index (κ3) is 4.32. The van der Waals surface area contributed by atoms with E-state index in [0.717, 1.165) is 19.6 Å². The molecule has 3 rings (SSSR count). The molecule has 0 radical (unpaired) electrons. The Morgan fingerprint density at radius 3 is 2.69 bits per heavy atom. The number of likely N-dealkylation sites (tertiary alicyclic amines) is 1. The number of hydrogen-bond donors (Lipinski definition) is 2. The predicted molar refractivity (Wildman–Crippen MR) is 97.3 cm³/mol. The van der Waals surface area contributed by atoms with Crippen molar-refractivity contribution in [3.63, 3.8) is 0 Å². The second-order valence-corrected chi connectivity index (χ2v) is 6.54. The Hall–Kier alpha value is -2.61. The molecule has 2 aliphatic rings. The molecule has 8 nitrogen and oxygen atoms in total. The Kier molecular flexibility index (Phi) is 5.72. The average molecular weight is 360 g/mol. The summed E-state index contributed by atoms with van der Waals surface area (Å²) in [7, 11) is 1.64. The van der Waals surface area contributed by atoms with Crippen LogP contribution in [-0.2, 0) is 14.4 Å². The van der Waals surface area contributed by atoms with Crippen molar-refractivity contribution in [2.45, 2.75) is 19.3 Å². The van der Waals surface area contributed by atoms with Gasteiger partial charge in [-0.05, 0) is 44.1 Å². The molecule has 0 atom stereocenters. The summed E-state index contributed by atoms with van der Waals surface area (Å²) >= 11 is 0. The fraction of sp³-hybridized carbons (Fsp3) is 0.500. The van der Waals surface area contributed by atoms with E-state index in [4.69, 9.17) is 4.74 Å². The Balaban J connectivity index is 1.51. The van der Waals surface area contributed by atoms with Gasteiger partial charge in [-0.3, -0.25) is 14.4 Å². The molecule has 1 aromatic rings. The quantitative estimate of drug-likeness (QED) is 0.767. The fourth-order valence-electron chi connectivity index (χ4n) is 3.13. The van der Waals surface area contributed by atoms with E-state index in [9.17, 15) is 14.4 Å². The first-order chi connectivity index (χ1) is 12.5. The Morgan fingerprint density at radius 2 is 1.92 bits per heavy atom. The topological polar surface area (TPSA) is 91.0 Å². The van der Waals surface area contributed by atoms with E-state index in [0.29, 0.717) is 23.7 Å². The zero-order chi connectivity index (χ0) is 18.5. The number of carbonyl (C=O) groups excluding carboxylic acids is 3. The highest BCUT2D eigenvalue weighted by Gasteiger charge is 2.23. The number of amides is 3. The molecular weight excluding hydrogens is 336 g/mol. The van der Waals surface area contributed by atoms with Crippen molar-refractivity contribution < 1.29 is 19.1 Å². The zero-order valence-corrected chi connectivity index (χ0v) is 14.9. The monoisotopic (exact) mass is 360 g/mol. The summed E-state index contributed by atoms with van der Waals surface area (Å²) in [4.78, 5) is 39.5. The molecule has 3 amide bonds. The number of benzene rings is 1. The summed E-state index contributed by atoms with van der Waals surface area (Å²) in [6.45, 7) is 3.29. The predicted octanol–water partition coefficient (Wildman–Crippen LogP) is 0.582. The molecule has 2 heterocycles. The lowest BCUT2D eigenvalue weighted by Crippen LogP contribution is -2.41. The molecule has 2 aliphatic heterocycles. The van der Waals surface area contributed by atoms with E-state index in [2.05, 4.69) is 15.5 Å². The van der Waals surface area contributed by atoms with Crippen LogP contribution in [0.25, 0.3) is 0 Å². The van der Waals surface area contributed by atoms with E-state index in [1.165, 1.54) is 24.2 Å². The van der Waals surface area contributed by atoms with Crippen LogP contribution in [0.15, 0.2) is 18.2 Å². The maximum Gasteiger partial charge on any atom is 0.313 e. The average Bonchev–Trinajstić information content (AvgIpc) is 2.66. The normalized spacial score (nSPS) is 17.3. The minimum atomic E-state index is -0.727. The van der Waals surface area contributed by atoms with E-state index in [1.54, 1.807) is 25.2 Å². The minimum Gasteiger partial charge on any atom is -0.482 e. The minimum absolute atomic E-state index is 0.00533. The fourth-order valence-corrected chi connectivity index (χ4v) is 3.13. The maximum absolute atomic E-state index is 12.1. The highest BCUT2D eigenvalue weighted by Crippen LogP contribution is 2.33. The van der Waals surface area contributed by atoms with Gasteiger partial charge in [-0.1, -0.05) is 6.42 Å². The summed E-state index contributed by atoms with van der Waals surface area (Å²) in [6.07, 6.45) is 3.64. The first-order valence-electron chi connectivity index (χ1n) is 8.89. The molecule has 0 saturated carbocycles. The third-order valence-electron chi connectivity index (χ3n) is 4.67. The Bertz CT molecular complexity index is 700. The number of fused-ring (bicyclic) bond motifs is 1. The van der Waals surface area contributed by atoms with Gasteiger partial charge < -0.3 is 25.2 Å². The molecule has 140 valence electrons. The Morgan fingerprint density at radius 1 is 1.15 bits per heavy atom. The van der Waals surface area contributed by atoms with E-state index < -0.39 is 11.8 Å². The molecule has 26 heavy (non-hydrogen) atoms. The van der Waals surface area contributed by atoms with Gasteiger partial charge in [-0.25, -0.2) is 0 Å². The van der Waals surface area contributed by atoms with E-state index in [-0.39, 0.29) is 12.5 Å². The van der Waals surface area contributed by atoms with Crippen molar-refractivity contribution in [3.05, 3.63) is 18.2 Å². The first-order valence-corrected chi connectivity index (χ1v) is 8.89. The van der Waals surface area contributed by atoms with Crippen molar-refractivity contribution in [1.82, 2.24) is 10.2 Å². The second-order valence-electron chi connectivity index (χ2n) is 6.54. The van der Waals surface area contributed by atoms with E-state index in [1.807, 2.05) is 0 Å². The van der Waals surface area contributed by atoms with Crippen molar-refractivity contribution in [1.29, 1.82) is 0 Å². The standard InChI is InChI=1S/C18H24N4O4/c1-21-14-11-13(5-6-15(14)26-12-16(21)23)20-18(25)17(24)19-7-10-22-8-3-2-4-9-22/h5-6,11H,2-4,7-10,12H2,1H3,(H,19,24)(H,20,25). The van der Waals surface area contributed by atoms with Gasteiger partial charge in [0.05, 0.1) is 5.69 Å². The van der Waals surface area contributed by atoms with Crippen LogP contribution in [0, 0.1) is 0 Å². The Labute approximate surface area is 152 Å². The van der Waals surface area contributed by atoms with Crippen LogP contribution < -0.4 is 20.3 Å². The second kappa shape index (κ2) is 8.18. The number of anilines is 2. The van der Waals surface area contributed by atoms with Gasteiger partial charge in [-0.2, -0.15) is 0 Å². The largest absolute Gasteiger partial charge is 0.482 e. The number of carbonyl (C=O) groups is 3. The van der Waals surface area contributed by atoms with Crippen LogP contribution >= 0.6 is 0 Å². The lowest BCUT2D eigenvalue weighted by Gasteiger charge is -2.26. The van der Waals surface area contributed by atoms with Gasteiger partial charge >= 0.3 is 11.8 Å². The third-order valence-corrected chi connectivity index (χ3v) is 4.67. The van der Waals surface area contributed by atoms with Crippen LogP contribution in [0.5, 0.6) is 5.75 Å². The summed E-state index contributed by atoms with van der Waals surface area (Å²) in [5.41, 5.74) is 0.995. The van der Waals surface area contributed by atoms with Gasteiger partial charge in [0.1, 0.15) is 5.75 Å².